The summed E-state index contributed by atoms with van der Waals surface area (Å²) in [6, 6.07) is 5.58. The zero-order valence-electron chi connectivity index (χ0n) is 13.9. The second kappa shape index (κ2) is 6.06. The number of nitrogens with zero attached hydrogens (tertiary/aromatic N) is 1. The van der Waals surface area contributed by atoms with Crippen LogP contribution in [0, 0.1) is 12.8 Å². The number of para-hydroxylation sites is 1. The number of ether oxygens (including phenoxy) is 1. The molecule has 0 aliphatic carbocycles. The van der Waals surface area contributed by atoms with Crippen molar-refractivity contribution in [3.63, 3.8) is 0 Å². The maximum Gasteiger partial charge on any atom is 0.259 e. The van der Waals surface area contributed by atoms with Crippen LogP contribution in [0.2, 0.25) is 0 Å². The molecule has 1 amide bonds. The van der Waals surface area contributed by atoms with Gasteiger partial charge in [0.05, 0.1) is 11.6 Å². The molecular formula is C19H22N2O3. The van der Waals surface area contributed by atoms with E-state index in [1.807, 2.05) is 24.0 Å². The summed E-state index contributed by atoms with van der Waals surface area (Å²) in [5.74, 6) is 0.238. The molecule has 5 heteroatoms. The van der Waals surface area contributed by atoms with Crippen LogP contribution in [0.25, 0.3) is 10.9 Å². The fourth-order valence-electron chi connectivity index (χ4n) is 4.00. The predicted molar refractivity (Wildman–Crippen MR) is 92.3 cm³/mol. The minimum absolute atomic E-state index is 0.163. The third-order valence-electron chi connectivity index (χ3n) is 5.36. The number of aromatic amines is 1. The van der Waals surface area contributed by atoms with Crippen molar-refractivity contribution in [2.45, 2.75) is 32.3 Å². The Hall–Kier alpha value is -2.14. The molecule has 2 atom stereocenters. The number of rotatable bonds is 1. The molecule has 2 aliphatic heterocycles. The number of carbonyl (C=O) groups is 1. The number of likely N-dealkylation sites (tertiary alicyclic amines) is 1. The topological polar surface area (TPSA) is 62.4 Å². The van der Waals surface area contributed by atoms with Crippen molar-refractivity contribution in [2.24, 2.45) is 5.92 Å². The van der Waals surface area contributed by atoms with Crippen LogP contribution in [0.15, 0.2) is 29.2 Å². The molecule has 3 heterocycles. The number of fused-ring (bicyclic) bond motifs is 2. The van der Waals surface area contributed by atoms with Gasteiger partial charge in [-0.2, -0.15) is 0 Å². The molecule has 1 N–H and O–H groups in total. The number of hydrogen-bond donors (Lipinski definition) is 1. The van der Waals surface area contributed by atoms with Crippen LogP contribution < -0.4 is 5.43 Å². The van der Waals surface area contributed by atoms with Crippen LogP contribution in [0.3, 0.4) is 0 Å². The van der Waals surface area contributed by atoms with Gasteiger partial charge in [0.1, 0.15) is 5.56 Å². The van der Waals surface area contributed by atoms with E-state index < -0.39 is 0 Å². The largest absolute Gasteiger partial charge is 0.378 e. The van der Waals surface area contributed by atoms with E-state index in [9.17, 15) is 9.59 Å². The minimum atomic E-state index is -0.181. The minimum Gasteiger partial charge on any atom is -0.378 e. The first-order valence-corrected chi connectivity index (χ1v) is 8.67. The summed E-state index contributed by atoms with van der Waals surface area (Å²) in [6.07, 6.45) is 4.87. The van der Waals surface area contributed by atoms with Crippen molar-refractivity contribution < 1.29 is 9.53 Å². The first-order valence-electron chi connectivity index (χ1n) is 8.67. The monoisotopic (exact) mass is 326 g/mol. The van der Waals surface area contributed by atoms with Crippen molar-refractivity contribution in [3.05, 3.63) is 45.7 Å². The second-order valence-corrected chi connectivity index (χ2v) is 6.88. The Morgan fingerprint density at radius 2 is 2.21 bits per heavy atom. The maximum atomic E-state index is 12.9. The number of carbonyl (C=O) groups excluding carboxylic acids is 1. The highest BCUT2D eigenvalue weighted by Gasteiger charge is 2.34. The van der Waals surface area contributed by atoms with E-state index in [1.54, 1.807) is 12.3 Å². The van der Waals surface area contributed by atoms with E-state index >= 15 is 0 Å². The number of pyridine rings is 1. The number of H-pyrrole nitrogens is 1. The molecule has 5 nitrogen and oxygen atoms in total. The third kappa shape index (κ3) is 2.53. The van der Waals surface area contributed by atoms with E-state index in [0.29, 0.717) is 24.4 Å². The zero-order chi connectivity index (χ0) is 16.7. The average Bonchev–Trinajstić information content (AvgIpc) is 2.62. The van der Waals surface area contributed by atoms with Crippen LogP contribution in [-0.4, -0.2) is 41.6 Å². The lowest BCUT2D eigenvalue weighted by Crippen LogP contribution is -2.49. The number of benzene rings is 1. The lowest BCUT2D eigenvalue weighted by Gasteiger charge is -2.40. The molecule has 0 spiro atoms. The number of hydrogen-bond acceptors (Lipinski definition) is 3. The highest BCUT2D eigenvalue weighted by molar-refractivity contribution is 5.97. The molecule has 0 saturated carbocycles. The van der Waals surface area contributed by atoms with Gasteiger partial charge in [0.15, 0.2) is 0 Å². The maximum absolute atomic E-state index is 12.9. The van der Waals surface area contributed by atoms with Crippen molar-refractivity contribution >= 4 is 16.8 Å². The van der Waals surface area contributed by atoms with Gasteiger partial charge in [-0.1, -0.05) is 12.1 Å². The lowest BCUT2D eigenvalue weighted by atomic mass is 9.88. The molecule has 126 valence electrons. The van der Waals surface area contributed by atoms with Crippen LogP contribution in [-0.2, 0) is 4.74 Å². The van der Waals surface area contributed by atoms with E-state index in [1.165, 1.54) is 0 Å². The summed E-state index contributed by atoms with van der Waals surface area (Å²) in [5, 5.41) is 0.580. The standard InChI is InChI=1S/C19H22N2O3/c1-12-4-2-6-14-17(12)20-10-15(18(14)22)19(23)21-8-7-16-13(11-21)5-3-9-24-16/h2,4,6,10,13,16H,3,5,7-9,11H2,1H3,(H,20,22)/t13-,16-/m1/s1. The molecule has 24 heavy (non-hydrogen) atoms. The highest BCUT2D eigenvalue weighted by Crippen LogP contribution is 2.28. The molecule has 0 bridgehead atoms. The van der Waals surface area contributed by atoms with Crippen molar-refractivity contribution in [1.29, 1.82) is 0 Å². The first-order chi connectivity index (χ1) is 11.6. The van der Waals surface area contributed by atoms with E-state index in [4.69, 9.17) is 4.74 Å². The van der Waals surface area contributed by atoms with Crippen LogP contribution in [0.5, 0.6) is 0 Å². The van der Waals surface area contributed by atoms with E-state index in [2.05, 4.69) is 4.98 Å². The van der Waals surface area contributed by atoms with Crippen molar-refractivity contribution in [2.75, 3.05) is 19.7 Å². The highest BCUT2D eigenvalue weighted by atomic mass is 16.5. The normalized spacial score (nSPS) is 24.0. The van der Waals surface area contributed by atoms with Gasteiger partial charge < -0.3 is 14.6 Å². The average molecular weight is 326 g/mol. The van der Waals surface area contributed by atoms with Crippen molar-refractivity contribution in [3.8, 4) is 0 Å². The molecule has 2 saturated heterocycles. The number of aryl methyl sites for hydroxylation is 1. The van der Waals surface area contributed by atoms with Gasteiger partial charge in [0.25, 0.3) is 5.91 Å². The molecule has 0 unspecified atom stereocenters. The lowest BCUT2D eigenvalue weighted by molar-refractivity contribution is -0.0607. The number of nitrogens with one attached hydrogen (secondary N) is 1. The van der Waals surface area contributed by atoms with Crippen LogP contribution in [0.1, 0.15) is 35.2 Å². The Morgan fingerprint density at radius 1 is 1.33 bits per heavy atom. The van der Waals surface area contributed by atoms with Crippen molar-refractivity contribution in [1.82, 2.24) is 9.88 Å². The molecule has 2 aliphatic rings. The summed E-state index contributed by atoms with van der Waals surface area (Å²) < 4.78 is 5.80. The predicted octanol–water partition coefficient (Wildman–Crippen LogP) is 2.48. The van der Waals surface area contributed by atoms with Gasteiger partial charge in [-0.25, -0.2) is 0 Å². The molecular weight excluding hydrogens is 304 g/mol. The quantitative estimate of drug-likeness (QED) is 0.876. The fourth-order valence-corrected chi connectivity index (χ4v) is 4.00. The van der Waals surface area contributed by atoms with Gasteiger partial charge in [0.2, 0.25) is 5.43 Å². The zero-order valence-corrected chi connectivity index (χ0v) is 13.9. The number of piperidine rings is 1. The SMILES string of the molecule is Cc1cccc2c(=O)c(C(=O)N3CC[C@H]4OCCC[C@@H]4C3)c[nH]c12. The van der Waals surface area contributed by atoms with Gasteiger partial charge >= 0.3 is 0 Å². The smallest absolute Gasteiger partial charge is 0.259 e. The molecule has 0 radical (unpaired) electrons. The van der Waals surface area contributed by atoms with Gasteiger partial charge in [-0.3, -0.25) is 9.59 Å². The molecule has 2 aromatic rings. The second-order valence-electron chi connectivity index (χ2n) is 6.88. The Kier molecular flexibility index (Phi) is 3.88. The van der Waals surface area contributed by atoms with Crippen LogP contribution >= 0.6 is 0 Å². The van der Waals surface area contributed by atoms with Gasteiger partial charge in [-0.15, -0.1) is 0 Å². The number of amides is 1. The fraction of sp³-hybridized carbons (Fsp3) is 0.474. The Morgan fingerprint density at radius 3 is 3.08 bits per heavy atom. The van der Waals surface area contributed by atoms with Crippen LogP contribution in [0.4, 0.5) is 0 Å². The summed E-state index contributed by atoms with van der Waals surface area (Å²) in [4.78, 5) is 30.6. The molecule has 4 rings (SSSR count). The molecule has 2 fully saturated rings. The Balaban J connectivity index is 1.64. The molecule has 1 aromatic carbocycles. The summed E-state index contributed by atoms with van der Waals surface area (Å²) in [6.45, 7) is 4.13. The number of aromatic nitrogens is 1. The summed E-state index contributed by atoms with van der Waals surface area (Å²) in [5.41, 5.74) is 1.87. The van der Waals surface area contributed by atoms with Gasteiger partial charge in [0, 0.05) is 37.2 Å². The Bertz CT molecular complexity index is 842. The molecule has 1 aromatic heterocycles. The van der Waals surface area contributed by atoms with E-state index in [-0.39, 0.29) is 23.0 Å². The third-order valence-corrected chi connectivity index (χ3v) is 5.36. The van der Waals surface area contributed by atoms with Gasteiger partial charge in [-0.05, 0) is 37.8 Å². The summed E-state index contributed by atoms with van der Waals surface area (Å²) in [7, 11) is 0. The van der Waals surface area contributed by atoms with E-state index in [0.717, 1.165) is 36.9 Å². The Labute approximate surface area is 140 Å². The first kappa shape index (κ1) is 15.4. The summed E-state index contributed by atoms with van der Waals surface area (Å²) >= 11 is 0.